The molecule has 21 heavy (non-hydrogen) atoms. The Morgan fingerprint density at radius 3 is 2.52 bits per heavy atom. The number of rotatable bonds is 5. The van der Waals surface area contributed by atoms with Gasteiger partial charge < -0.3 is 24.6 Å². The number of carboxylic acid groups (broad SMARTS) is 1. The van der Waals surface area contributed by atoms with Gasteiger partial charge in [0.05, 0.1) is 32.0 Å². The van der Waals surface area contributed by atoms with E-state index in [0.29, 0.717) is 29.3 Å². The lowest BCUT2D eigenvalue weighted by atomic mass is 9.99. The standard InChI is InChI=1S/C15H17NO5/c1-4-5-16-8-10(15(18)19)14(17)9-6-12(20-2)13(21-3)7-11(9)16/h4,6-7,17H,1,5,8H2,2-3H3,(H,18,19). The van der Waals surface area contributed by atoms with Crippen LogP contribution in [0, 0.1) is 0 Å². The van der Waals surface area contributed by atoms with Crippen LogP contribution in [0.3, 0.4) is 0 Å². The van der Waals surface area contributed by atoms with Crippen molar-refractivity contribution < 1.29 is 24.5 Å². The number of nitrogens with zero attached hydrogens (tertiary/aromatic N) is 1. The van der Waals surface area contributed by atoms with Gasteiger partial charge in [0, 0.05) is 18.2 Å². The first-order chi connectivity index (χ1) is 10.0. The van der Waals surface area contributed by atoms with Gasteiger partial charge >= 0.3 is 5.97 Å². The van der Waals surface area contributed by atoms with Crippen LogP contribution < -0.4 is 14.4 Å². The quantitative estimate of drug-likeness (QED) is 0.808. The first kappa shape index (κ1) is 14.8. The molecule has 0 radical (unpaired) electrons. The van der Waals surface area contributed by atoms with Gasteiger partial charge in [0.15, 0.2) is 11.5 Å². The largest absolute Gasteiger partial charge is 0.507 e. The second-order valence-corrected chi connectivity index (χ2v) is 4.53. The Morgan fingerprint density at radius 1 is 1.38 bits per heavy atom. The number of hydrogen-bond donors (Lipinski definition) is 2. The number of aliphatic hydroxyl groups excluding tert-OH is 1. The molecule has 6 nitrogen and oxygen atoms in total. The summed E-state index contributed by atoms with van der Waals surface area (Å²) < 4.78 is 10.4. The second kappa shape index (κ2) is 5.78. The number of aliphatic carboxylic acids is 1. The molecule has 0 atom stereocenters. The third-order valence-corrected chi connectivity index (χ3v) is 3.34. The highest BCUT2D eigenvalue weighted by atomic mass is 16.5. The molecule has 0 aliphatic carbocycles. The normalized spacial score (nSPS) is 13.7. The van der Waals surface area contributed by atoms with Gasteiger partial charge in [-0.05, 0) is 6.07 Å². The molecule has 2 rings (SSSR count). The Bertz CT molecular complexity index is 621. The summed E-state index contributed by atoms with van der Waals surface area (Å²) >= 11 is 0. The molecule has 1 heterocycles. The van der Waals surface area contributed by atoms with Crippen molar-refractivity contribution in [2.75, 3.05) is 32.2 Å². The predicted octanol–water partition coefficient (Wildman–Crippen LogP) is 2.06. The lowest BCUT2D eigenvalue weighted by Gasteiger charge is -2.31. The van der Waals surface area contributed by atoms with Crippen LogP contribution in [0.15, 0.2) is 30.4 Å². The minimum Gasteiger partial charge on any atom is -0.507 e. The van der Waals surface area contributed by atoms with E-state index < -0.39 is 5.97 Å². The maximum atomic E-state index is 11.3. The van der Waals surface area contributed by atoms with Gasteiger partial charge in [-0.3, -0.25) is 0 Å². The maximum absolute atomic E-state index is 11.3. The molecule has 0 spiro atoms. The summed E-state index contributed by atoms with van der Waals surface area (Å²) in [5.41, 5.74) is 1.02. The molecule has 1 aromatic carbocycles. The molecular weight excluding hydrogens is 274 g/mol. The number of hydrogen-bond acceptors (Lipinski definition) is 5. The van der Waals surface area contributed by atoms with Gasteiger partial charge in [0.25, 0.3) is 0 Å². The van der Waals surface area contributed by atoms with Crippen LogP contribution in [0.4, 0.5) is 5.69 Å². The third-order valence-electron chi connectivity index (χ3n) is 3.34. The molecule has 0 fully saturated rings. The first-order valence-electron chi connectivity index (χ1n) is 6.31. The summed E-state index contributed by atoms with van der Waals surface area (Å²) in [5.74, 6) is -0.467. The van der Waals surface area contributed by atoms with Crippen LogP contribution in [-0.4, -0.2) is 43.5 Å². The summed E-state index contributed by atoms with van der Waals surface area (Å²) in [6, 6.07) is 3.29. The summed E-state index contributed by atoms with van der Waals surface area (Å²) in [5, 5.41) is 19.4. The molecule has 0 bridgehead atoms. The Labute approximate surface area is 122 Å². The molecule has 0 saturated carbocycles. The second-order valence-electron chi connectivity index (χ2n) is 4.53. The average molecular weight is 291 g/mol. The number of carboxylic acids is 1. The lowest BCUT2D eigenvalue weighted by molar-refractivity contribution is -0.132. The number of fused-ring (bicyclic) bond motifs is 1. The summed E-state index contributed by atoms with van der Waals surface area (Å²) in [4.78, 5) is 13.1. The molecule has 1 aliphatic rings. The van der Waals surface area contributed by atoms with E-state index in [9.17, 15) is 15.0 Å². The van der Waals surface area contributed by atoms with Crippen molar-refractivity contribution in [3.63, 3.8) is 0 Å². The number of carbonyl (C=O) groups is 1. The summed E-state index contributed by atoms with van der Waals surface area (Å²) in [6.07, 6.45) is 1.67. The van der Waals surface area contributed by atoms with Crippen LogP contribution in [0.25, 0.3) is 5.76 Å². The zero-order valence-electron chi connectivity index (χ0n) is 11.9. The molecule has 0 amide bonds. The summed E-state index contributed by atoms with van der Waals surface area (Å²) in [7, 11) is 3.00. The Hall–Kier alpha value is -2.63. The monoisotopic (exact) mass is 291 g/mol. The van der Waals surface area contributed by atoms with Crippen LogP contribution in [0.2, 0.25) is 0 Å². The van der Waals surface area contributed by atoms with Crippen molar-refractivity contribution >= 4 is 17.4 Å². The van der Waals surface area contributed by atoms with Gasteiger partial charge in [0.1, 0.15) is 5.76 Å². The van der Waals surface area contributed by atoms with Crippen molar-refractivity contribution in [1.29, 1.82) is 0 Å². The van der Waals surface area contributed by atoms with E-state index in [1.165, 1.54) is 14.2 Å². The van der Waals surface area contributed by atoms with Crippen LogP contribution >= 0.6 is 0 Å². The van der Waals surface area contributed by atoms with E-state index in [4.69, 9.17) is 9.47 Å². The van der Waals surface area contributed by atoms with Crippen molar-refractivity contribution in [2.24, 2.45) is 0 Å². The van der Waals surface area contributed by atoms with Gasteiger partial charge in [-0.1, -0.05) is 6.08 Å². The van der Waals surface area contributed by atoms with Gasteiger partial charge in [-0.2, -0.15) is 0 Å². The average Bonchev–Trinajstić information content (AvgIpc) is 2.48. The molecule has 2 N–H and O–H groups in total. The maximum Gasteiger partial charge on any atom is 0.337 e. The fourth-order valence-corrected chi connectivity index (χ4v) is 2.32. The Kier molecular flexibility index (Phi) is 4.07. The van der Waals surface area contributed by atoms with Crippen molar-refractivity contribution in [3.8, 4) is 11.5 Å². The molecular formula is C15H17NO5. The number of aliphatic hydroxyl groups is 1. The zero-order valence-corrected chi connectivity index (χ0v) is 11.9. The van der Waals surface area contributed by atoms with Crippen molar-refractivity contribution in [2.45, 2.75) is 0 Å². The highest BCUT2D eigenvalue weighted by Crippen LogP contribution is 2.41. The molecule has 0 saturated heterocycles. The first-order valence-corrected chi connectivity index (χ1v) is 6.31. The third kappa shape index (κ3) is 2.52. The van der Waals surface area contributed by atoms with Crippen molar-refractivity contribution in [1.82, 2.24) is 0 Å². The summed E-state index contributed by atoms with van der Waals surface area (Å²) in [6.45, 7) is 4.21. The van der Waals surface area contributed by atoms with Crippen LogP contribution in [0.1, 0.15) is 5.56 Å². The fraction of sp³-hybridized carbons (Fsp3) is 0.267. The predicted molar refractivity (Wildman–Crippen MR) is 79.1 cm³/mol. The van der Waals surface area contributed by atoms with Crippen molar-refractivity contribution in [3.05, 3.63) is 35.9 Å². The molecule has 0 aromatic heterocycles. The molecule has 6 heteroatoms. The fourth-order valence-electron chi connectivity index (χ4n) is 2.32. The highest BCUT2D eigenvalue weighted by molar-refractivity contribution is 5.99. The van der Waals surface area contributed by atoms with E-state index in [2.05, 4.69) is 6.58 Å². The smallest absolute Gasteiger partial charge is 0.337 e. The number of anilines is 1. The van der Waals surface area contributed by atoms with Crippen LogP contribution in [-0.2, 0) is 4.79 Å². The SMILES string of the molecule is C=CCN1CC(C(=O)O)=C(O)c2cc(OC)c(OC)cc21. The molecule has 1 aromatic rings. The molecule has 1 aliphatic heterocycles. The lowest BCUT2D eigenvalue weighted by Crippen LogP contribution is -2.32. The van der Waals surface area contributed by atoms with E-state index in [1.807, 2.05) is 0 Å². The number of benzene rings is 1. The Balaban J connectivity index is 2.67. The minimum atomic E-state index is -1.15. The zero-order chi connectivity index (χ0) is 15.6. The number of ether oxygens (including phenoxy) is 2. The molecule has 0 unspecified atom stereocenters. The van der Waals surface area contributed by atoms with E-state index in [0.717, 1.165) is 0 Å². The molecule has 112 valence electrons. The van der Waals surface area contributed by atoms with E-state index in [1.54, 1.807) is 23.1 Å². The number of methoxy groups -OCH3 is 2. The Morgan fingerprint density at radius 2 is 2.00 bits per heavy atom. The minimum absolute atomic E-state index is 0.0587. The van der Waals surface area contributed by atoms with Gasteiger partial charge in [-0.15, -0.1) is 6.58 Å². The van der Waals surface area contributed by atoms with Crippen LogP contribution in [0.5, 0.6) is 11.5 Å². The van der Waals surface area contributed by atoms with E-state index in [-0.39, 0.29) is 17.9 Å². The topological polar surface area (TPSA) is 79.2 Å². The highest BCUT2D eigenvalue weighted by Gasteiger charge is 2.29. The van der Waals surface area contributed by atoms with Gasteiger partial charge in [0.2, 0.25) is 0 Å². The van der Waals surface area contributed by atoms with Gasteiger partial charge in [-0.25, -0.2) is 4.79 Å². The van der Waals surface area contributed by atoms with E-state index >= 15 is 0 Å².